The number of aromatic amines is 1. The second kappa shape index (κ2) is 6.08. The number of aromatic nitrogens is 4. The monoisotopic (exact) mass is 364 g/mol. The van der Waals surface area contributed by atoms with Crippen LogP contribution in [0.2, 0.25) is 0 Å². The van der Waals surface area contributed by atoms with E-state index in [0.29, 0.717) is 11.4 Å². The first-order chi connectivity index (χ1) is 12.1. The number of ketones is 1. The van der Waals surface area contributed by atoms with Gasteiger partial charge in [-0.05, 0) is 31.5 Å². The molecule has 0 saturated heterocycles. The maximum Gasteiger partial charge on any atom is 0.416 e. The Morgan fingerprint density at radius 2 is 1.85 bits per heavy atom. The highest BCUT2D eigenvalue weighted by molar-refractivity contribution is 6.03. The molecular formula is C17H15F3N4O2. The largest absolute Gasteiger partial charge is 0.416 e. The van der Waals surface area contributed by atoms with Crippen molar-refractivity contribution < 1.29 is 18.0 Å². The minimum atomic E-state index is -4.42. The van der Waals surface area contributed by atoms with E-state index in [0.717, 1.165) is 12.1 Å². The fraction of sp³-hybridized carbons (Fsp3) is 0.294. The van der Waals surface area contributed by atoms with E-state index in [4.69, 9.17) is 0 Å². The molecule has 6 nitrogen and oxygen atoms in total. The number of carbonyl (C=O) groups is 1. The Morgan fingerprint density at radius 3 is 2.38 bits per heavy atom. The Morgan fingerprint density at radius 1 is 1.23 bits per heavy atom. The molecule has 0 aliphatic heterocycles. The number of benzene rings is 1. The van der Waals surface area contributed by atoms with Gasteiger partial charge in [0.05, 0.1) is 11.6 Å². The van der Waals surface area contributed by atoms with E-state index >= 15 is 0 Å². The predicted molar refractivity (Wildman–Crippen MR) is 88.1 cm³/mol. The Kier molecular flexibility index (Phi) is 4.17. The van der Waals surface area contributed by atoms with E-state index in [2.05, 4.69) is 15.1 Å². The van der Waals surface area contributed by atoms with Crippen molar-refractivity contribution in [1.82, 2.24) is 19.7 Å². The van der Waals surface area contributed by atoms with E-state index in [1.54, 1.807) is 13.8 Å². The molecule has 1 aromatic carbocycles. The number of carbonyl (C=O) groups excluding carboxylic acids is 1. The third-order valence-electron chi connectivity index (χ3n) is 4.10. The maximum absolute atomic E-state index is 12.7. The molecule has 0 fully saturated rings. The van der Waals surface area contributed by atoms with Crippen molar-refractivity contribution in [2.45, 2.75) is 33.0 Å². The lowest BCUT2D eigenvalue weighted by Gasteiger charge is -2.15. The Balaban J connectivity index is 2.16. The summed E-state index contributed by atoms with van der Waals surface area (Å²) < 4.78 is 39.6. The standard InChI is InChI=1S/C17H15F3N4O2/c1-8(11-4-6-12(7-5-11)17(18,19)20)24-15-13(14(23-24)9(2)25)16(26)22-10(3)21-15/h4-8H,1-3H3,(H,21,22,26). The van der Waals surface area contributed by atoms with Crippen molar-refractivity contribution in [3.8, 4) is 0 Å². The summed E-state index contributed by atoms with van der Waals surface area (Å²) in [5, 5.41) is 4.27. The van der Waals surface area contributed by atoms with Crippen molar-refractivity contribution in [2.24, 2.45) is 0 Å². The lowest BCUT2D eigenvalue weighted by Crippen LogP contribution is -2.13. The molecule has 136 valence electrons. The zero-order valence-corrected chi connectivity index (χ0v) is 14.2. The molecule has 1 unspecified atom stereocenters. The highest BCUT2D eigenvalue weighted by Gasteiger charge is 2.30. The molecule has 1 N–H and O–H groups in total. The highest BCUT2D eigenvalue weighted by Crippen LogP contribution is 2.31. The van der Waals surface area contributed by atoms with E-state index in [1.807, 2.05) is 0 Å². The van der Waals surface area contributed by atoms with Crippen LogP contribution in [0.1, 0.15) is 47.3 Å². The van der Waals surface area contributed by atoms with Crippen molar-refractivity contribution in [3.05, 3.63) is 57.3 Å². The summed E-state index contributed by atoms with van der Waals surface area (Å²) in [6, 6.07) is 4.12. The fourth-order valence-corrected chi connectivity index (χ4v) is 2.76. The van der Waals surface area contributed by atoms with E-state index in [-0.39, 0.29) is 16.7 Å². The van der Waals surface area contributed by atoms with Crippen LogP contribution in [0.3, 0.4) is 0 Å². The number of alkyl halides is 3. The van der Waals surface area contributed by atoms with Gasteiger partial charge in [-0.1, -0.05) is 12.1 Å². The van der Waals surface area contributed by atoms with Gasteiger partial charge in [0.25, 0.3) is 5.56 Å². The molecule has 2 heterocycles. The van der Waals surface area contributed by atoms with Crippen LogP contribution >= 0.6 is 0 Å². The van der Waals surface area contributed by atoms with Gasteiger partial charge in [-0.15, -0.1) is 0 Å². The number of hydrogen-bond acceptors (Lipinski definition) is 4. The maximum atomic E-state index is 12.7. The van der Waals surface area contributed by atoms with Gasteiger partial charge in [0, 0.05) is 6.92 Å². The third kappa shape index (κ3) is 3.00. The molecule has 0 spiro atoms. The molecule has 3 rings (SSSR count). The average Bonchev–Trinajstić information content (AvgIpc) is 2.93. The van der Waals surface area contributed by atoms with Gasteiger partial charge in [0.1, 0.15) is 16.9 Å². The van der Waals surface area contributed by atoms with Crippen LogP contribution in [-0.4, -0.2) is 25.5 Å². The lowest BCUT2D eigenvalue weighted by molar-refractivity contribution is -0.137. The Hall–Kier alpha value is -2.97. The number of H-pyrrole nitrogens is 1. The Bertz CT molecular complexity index is 1050. The van der Waals surface area contributed by atoms with Crippen molar-refractivity contribution >= 4 is 16.8 Å². The minimum Gasteiger partial charge on any atom is -0.310 e. The molecule has 0 aliphatic rings. The predicted octanol–water partition coefficient (Wildman–Crippen LogP) is 3.26. The summed E-state index contributed by atoms with van der Waals surface area (Å²) in [5.74, 6) is -0.0529. The first-order valence-electron chi connectivity index (χ1n) is 7.77. The number of Topliss-reactive ketones (excluding diaryl/α,β-unsaturated/α-hetero) is 1. The third-order valence-corrected chi connectivity index (χ3v) is 4.10. The van der Waals surface area contributed by atoms with E-state index < -0.39 is 29.1 Å². The van der Waals surface area contributed by atoms with Gasteiger partial charge in [-0.25, -0.2) is 9.67 Å². The summed E-state index contributed by atoms with van der Waals surface area (Å²) in [6.07, 6.45) is -4.42. The van der Waals surface area contributed by atoms with Gasteiger partial charge in [-0.2, -0.15) is 18.3 Å². The highest BCUT2D eigenvalue weighted by atomic mass is 19.4. The van der Waals surface area contributed by atoms with Crippen molar-refractivity contribution in [2.75, 3.05) is 0 Å². The van der Waals surface area contributed by atoms with Gasteiger partial charge < -0.3 is 4.98 Å². The number of halogens is 3. The normalized spacial score (nSPS) is 13.2. The number of fused-ring (bicyclic) bond motifs is 1. The van der Waals surface area contributed by atoms with Crippen molar-refractivity contribution in [1.29, 1.82) is 0 Å². The van der Waals surface area contributed by atoms with Crippen LogP contribution in [0.15, 0.2) is 29.1 Å². The zero-order valence-electron chi connectivity index (χ0n) is 14.2. The van der Waals surface area contributed by atoms with Gasteiger partial charge >= 0.3 is 6.18 Å². The molecule has 2 aromatic heterocycles. The number of nitrogens with zero attached hydrogens (tertiary/aromatic N) is 3. The molecule has 0 bridgehead atoms. The first kappa shape index (κ1) is 17.8. The molecular weight excluding hydrogens is 349 g/mol. The van der Waals surface area contributed by atoms with Gasteiger partial charge in [-0.3, -0.25) is 9.59 Å². The molecule has 0 amide bonds. The second-order valence-corrected chi connectivity index (χ2v) is 6.00. The summed E-state index contributed by atoms with van der Waals surface area (Å²) in [7, 11) is 0. The average molecular weight is 364 g/mol. The first-order valence-corrected chi connectivity index (χ1v) is 7.77. The van der Waals surface area contributed by atoms with Crippen LogP contribution in [0.25, 0.3) is 11.0 Å². The fourth-order valence-electron chi connectivity index (χ4n) is 2.76. The number of hydrogen-bond donors (Lipinski definition) is 1. The molecule has 0 saturated carbocycles. The molecule has 0 radical (unpaired) electrons. The summed E-state index contributed by atoms with van der Waals surface area (Å²) in [5.41, 5.74) is -0.509. The number of aryl methyl sites for hydroxylation is 1. The van der Waals surface area contributed by atoms with Crippen LogP contribution in [0.5, 0.6) is 0 Å². The SMILES string of the molecule is CC(=O)c1nn(C(C)c2ccc(C(F)(F)F)cc2)c2nc(C)[nH]c(=O)c12. The molecule has 0 aliphatic carbocycles. The van der Waals surface area contributed by atoms with Crippen molar-refractivity contribution in [3.63, 3.8) is 0 Å². The van der Waals surface area contributed by atoms with E-state index in [9.17, 15) is 22.8 Å². The topological polar surface area (TPSA) is 80.6 Å². The second-order valence-electron chi connectivity index (χ2n) is 6.00. The smallest absolute Gasteiger partial charge is 0.310 e. The quantitative estimate of drug-likeness (QED) is 0.724. The molecule has 26 heavy (non-hydrogen) atoms. The van der Waals surface area contributed by atoms with Crippen LogP contribution in [0.4, 0.5) is 13.2 Å². The summed E-state index contributed by atoms with van der Waals surface area (Å²) >= 11 is 0. The van der Waals surface area contributed by atoms with E-state index in [1.165, 1.54) is 23.7 Å². The number of rotatable bonds is 3. The lowest BCUT2D eigenvalue weighted by atomic mass is 10.1. The van der Waals surface area contributed by atoms with Gasteiger partial charge in [0.2, 0.25) is 0 Å². The van der Waals surface area contributed by atoms with Crippen LogP contribution in [0, 0.1) is 6.92 Å². The molecule has 3 aromatic rings. The van der Waals surface area contributed by atoms with Gasteiger partial charge in [0.15, 0.2) is 11.4 Å². The Labute approximate surface area is 145 Å². The van der Waals surface area contributed by atoms with Crippen LogP contribution < -0.4 is 5.56 Å². The summed E-state index contributed by atoms with van der Waals surface area (Å²) in [6.45, 7) is 4.58. The minimum absolute atomic E-state index is 0.0208. The molecule has 1 atom stereocenters. The van der Waals surface area contributed by atoms with Crippen LogP contribution in [-0.2, 0) is 6.18 Å². The number of nitrogens with one attached hydrogen (secondary N) is 1. The molecule has 9 heteroatoms. The zero-order chi connectivity index (χ0) is 19.2. The summed E-state index contributed by atoms with van der Waals surface area (Å²) in [4.78, 5) is 30.9.